The van der Waals surface area contributed by atoms with Crippen LogP contribution in [0.25, 0.3) is 0 Å². The van der Waals surface area contributed by atoms with Gasteiger partial charge in [0.2, 0.25) is 0 Å². The van der Waals surface area contributed by atoms with Gasteiger partial charge in [-0.3, -0.25) is 4.79 Å². The molecule has 0 radical (unpaired) electrons. The Kier molecular flexibility index (Phi) is 12.4. The number of ether oxygens (including phenoxy) is 2. The number of carbonyl (C=O) groups excluding carboxylic acids is 2. The number of hydrogen-bond donors (Lipinski definition) is 0. The second-order valence-corrected chi connectivity index (χ2v) is 15.7. The maximum absolute atomic E-state index is 12.6. The molecular weight excluding hydrogens is 444 g/mol. The predicted octanol–water partition coefficient (Wildman–Crippen LogP) is 7.04. The molecule has 5 nitrogen and oxygen atoms in total. The van der Waals surface area contributed by atoms with Gasteiger partial charge in [-0.1, -0.05) is 69.7 Å². The summed E-state index contributed by atoms with van der Waals surface area (Å²) in [5, 5.41) is 0.229. The SMILES string of the molecule is CO[C@@H](C(=O)OC(CC=C(C)CCCC(C)CO[Si](C)(C)C(C)(C)C)C(C)=O)c1ccccc1. The van der Waals surface area contributed by atoms with Gasteiger partial charge in [0.25, 0.3) is 0 Å². The Morgan fingerprint density at radius 2 is 1.71 bits per heavy atom. The Morgan fingerprint density at radius 3 is 2.24 bits per heavy atom. The quantitative estimate of drug-likeness (QED) is 0.159. The second-order valence-electron chi connectivity index (χ2n) is 10.9. The molecule has 0 heterocycles. The van der Waals surface area contributed by atoms with E-state index in [1.807, 2.05) is 24.3 Å². The normalized spacial score (nSPS) is 15.5. The number of allylic oxidation sites excluding steroid dienone is 1. The zero-order chi connectivity index (χ0) is 25.9. The van der Waals surface area contributed by atoms with Gasteiger partial charge in [0.15, 0.2) is 26.3 Å². The van der Waals surface area contributed by atoms with Crippen molar-refractivity contribution in [2.45, 2.75) is 97.6 Å². The maximum atomic E-state index is 12.6. The summed E-state index contributed by atoms with van der Waals surface area (Å²) in [7, 11) is -0.242. The fraction of sp³-hybridized carbons (Fsp3) is 0.643. The van der Waals surface area contributed by atoms with E-state index >= 15 is 0 Å². The largest absolute Gasteiger partial charge is 0.452 e. The summed E-state index contributed by atoms with van der Waals surface area (Å²) < 4.78 is 17.2. The van der Waals surface area contributed by atoms with Gasteiger partial charge in [-0.2, -0.15) is 0 Å². The van der Waals surface area contributed by atoms with Crippen molar-refractivity contribution in [3.05, 3.63) is 47.5 Å². The molecule has 1 rings (SSSR count). The maximum Gasteiger partial charge on any atom is 0.340 e. The van der Waals surface area contributed by atoms with Crippen molar-refractivity contribution in [3.63, 3.8) is 0 Å². The van der Waals surface area contributed by atoms with E-state index in [2.05, 4.69) is 47.7 Å². The molecule has 3 atom stereocenters. The van der Waals surface area contributed by atoms with E-state index < -0.39 is 26.5 Å². The van der Waals surface area contributed by atoms with Crippen LogP contribution in [-0.2, 0) is 23.5 Å². The number of ketones is 1. The average molecular weight is 491 g/mol. The van der Waals surface area contributed by atoms with E-state index in [0.29, 0.717) is 17.9 Å². The lowest BCUT2D eigenvalue weighted by Gasteiger charge is -2.37. The third-order valence-electron chi connectivity index (χ3n) is 6.75. The highest BCUT2D eigenvalue weighted by atomic mass is 28.4. The van der Waals surface area contributed by atoms with Gasteiger partial charge in [-0.05, 0) is 62.7 Å². The molecule has 0 bridgehead atoms. The van der Waals surface area contributed by atoms with E-state index in [1.165, 1.54) is 19.6 Å². The summed E-state index contributed by atoms with van der Waals surface area (Å²) in [6.07, 6.45) is 3.85. The Balaban J connectivity index is 2.53. The van der Waals surface area contributed by atoms with Crippen LogP contribution in [0.2, 0.25) is 18.1 Å². The standard InChI is InChI=1S/C28H46O5Si/c1-21(14-13-15-22(2)20-32-34(8,9)28(4,5)6)18-19-25(23(3)29)33-27(30)26(31-7)24-16-11-10-12-17-24/h10-12,16-18,22,25-26H,13-15,19-20H2,1-9H3/t22?,25?,26-/m1/s1. The van der Waals surface area contributed by atoms with Crippen molar-refractivity contribution in [2.24, 2.45) is 5.92 Å². The van der Waals surface area contributed by atoms with Crippen molar-refractivity contribution in [2.75, 3.05) is 13.7 Å². The van der Waals surface area contributed by atoms with Gasteiger partial charge >= 0.3 is 5.97 Å². The highest BCUT2D eigenvalue weighted by Crippen LogP contribution is 2.37. The molecule has 0 aromatic heterocycles. The van der Waals surface area contributed by atoms with Crippen LogP contribution in [0.4, 0.5) is 0 Å². The minimum Gasteiger partial charge on any atom is -0.452 e. The smallest absolute Gasteiger partial charge is 0.340 e. The molecule has 0 amide bonds. The van der Waals surface area contributed by atoms with Gasteiger partial charge in [0, 0.05) is 20.1 Å². The molecule has 1 aromatic carbocycles. The predicted molar refractivity (Wildman–Crippen MR) is 141 cm³/mol. The zero-order valence-corrected chi connectivity index (χ0v) is 23.8. The van der Waals surface area contributed by atoms with Crippen LogP contribution in [0, 0.1) is 5.92 Å². The second kappa shape index (κ2) is 14.0. The molecule has 34 heavy (non-hydrogen) atoms. The number of carbonyl (C=O) groups is 2. The number of methoxy groups -OCH3 is 1. The van der Waals surface area contributed by atoms with E-state index in [0.717, 1.165) is 25.9 Å². The van der Waals surface area contributed by atoms with Crippen molar-refractivity contribution in [1.29, 1.82) is 0 Å². The van der Waals surface area contributed by atoms with Crippen molar-refractivity contribution < 1.29 is 23.5 Å². The summed E-state index contributed by atoms with van der Waals surface area (Å²) >= 11 is 0. The average Bonchev–Trinajstić information content (AvgIpc) is 2.75. The van der Waals surface area contributed by atoms with Crippen molar-refractivity contribution in [3.8, 4) is 0 Å². The van der Waals surface area contributed by atoms with E-state index in [1.54, 1.807) is 12.1 Å². The number of rotatable bonds is 14. The molecule has 0 saturated heterocycles. The summed E-state index contributed by atoms with van der Waals surface area (Å²) in [5.74, 6) is -0.205. The summed E-state index contributed by atoms with van der Waals surface area (Å²) in [4.78, 5) is 24.8. The van der Waals surface area contributed by atoms with E-state index in [4.69, 9.17) is 13.9 Å². The molecule has 192 valence electrons. The molecule has 2 unspecified atom stereocenters. The Bertz CT molecular complexity index is 795. The highest BCUT2D eigenvalue weighted by molar-refractivity contribution is 6.74. The number of benzene rings is 1. The van der Waals surface area contributed by atoms with Crippen LogP contribution in [0.15, 0.2) is 42.0 Å². The first-order chi connectivity index (χ1) is 15.8. The topological polar surface area (TPSA) is 61.8 Å². The fourth-order valence-corrected chi connectivity index (χ4v) is 4.42. The van der Waals surface area contributed by atoms with Crippen LogP contribution in [0.1, 0.15) is 78.9 Å². The Morgan fingerprint density at radius 1 is 1.09 bits per heavy atom. The minimum atomic E-state index is -1.70. The first kappa shape index (κ1) is 30.3. The molecule has 0 fully saturated rings. The molecule has 1 aromatic rings. The van der Waals surface area contributed by atoms with E-state index in [9.17, 15) is 9.59 Å². The monoisotopic (exact) mass is 490 g/mol. The highest BCUT2D eigenvalue weighted by Gasteiger charge is 2.37. The molecule has 0 saturated carbocycles. The molecule has 6 heteroatoms. The zero-order valence-electron chi connectivity index (χ0n) is 22.8. The van der Waals surface area contributed by atoms with Crippen molar-refractivity contribution >= 4 is 20.1 Å². The summed E-state index contributed by atoms with van der Waals surface area (Å²) in [6, 6.07) is 9.16. The van der Waals surface area contributed by atoms with Crippen LogP contribution < -0.4 is 0 Å². The molecule has 0 N–H and O–H groups in total. The first-order valence-electron chi connectivity index (χ1n) is 12.4. The van der Waals surface area contributed by atoms with Crippen LogP contribution in [-0.4, -0.2) is 39.9 Å². The molecular formula is C28H46O5Si. The lowest BCUT2D eigenvalue weighted by molar-refractivity contribution is -0.164. The van der Waals surface area contributed by atoms with Gasteiger partial charge in [-0.15, -0.1) is 0 Å². The number of hydrogen-bond acceptors (Lipinski definition) is 5. The van der Waals surface area contributed by atoms with Crippen LogP contribution >= 0.6 is 0 Å². The Labute approximate surface area is 208 Å². The fourth-order valence-electron chi connectivity index (χ4n) is 3.29. The molecule has 0 aliphatic carbocycles. The first-order valence-corrected chi connectivity index (χ1v) is 15.3. The van der Waals surface area contributed by atoms with Crippen molar-refractivity contribution in [1.82, 2.24) is 0 Å². The third-order valence-corrected chi connectivity index (χ3v) is 11.2. The van der Waals surface area contributed by atoms with Crippen LogP contribution in [0.5, 0.6) is 0 Å². The lowest BCUT2D eigenvalue weighted by atomic mass is 10.0. The molecule has 0 aliphatic heterocycles. The lowest BCUT2D eigenvalue weighted by Crippen LogP contribution is -2.41. The summed E-state index contributed by atoms with van der Waals surface area (Å²) in [5.41, 5.74) is 1.90. The minimum absolute atomic E-state index is 0.170. The van der Waals surface area contributed by atoms with Gasteiger partial charge in [-0.25, -0.2) is 4.79 Å². The van der Waals surface area contributed by atoms with Gasteiger partial charge < -0.3 is 13.9 Å². The molecule has 0 aliphatic rings. The third kappa shape index (κ3) is 10.2. The van der Waals surface area contributed by atoms with Gasteiger partial charge in [0.1, 0.15) is 0 Å². The number of Topliss-reactive ketones (excluding diaryl/α,β-unsaturated/α-hetero) is 1. The van der Waals surface area contributed by atoms with Gasteiger partial charge in [0.05, 0.1) is 0 Å². The van der Waals surface area contributed by atoms with E-state index in [-0.39, 0.29) is 10.8 Å². The van der Waals surface area contributed by atoms with Crippen LogP contribution in [0.3, 0.4) is 0 Å². The molecule has 0 spiro atoms. The Hall–Kier alpha value is -1.76. The number of esters is 1. The summed E-state index contributed by atoms with van der Waals surface area (Å²) in [6.45, 7) is 18.0.